The molecular formula is C11H18N4O2. The lowest BCUT2D eigenvalue weighted by Crippen LogP contribution is -2.35. The van der Waals surface area contributed by atoms with Crippen molar-refractivity contribution in [2.24, 2.45) is 10.9 Å². The summed E-state index contributed by atoms with van der Waals surface area (Å²) in [5.74, 6) is 0.733. The zero-order valence-electron chi connectivity index (χ0n) is 10.1. The second-order valence-corrected chi connectivity index (χ2v) is 3.45. The number of aromatic nitrogens is 1. The first-order chi connectivity index (χ1) is 8.21. The van der Waals surface area contributed by atoms with Crippen LogP contribution in [0.5, 0.6) is 5.88 Å². The molecule has 1 aromatic rings. The van der Waals surface area contributed by atoms with E-state index in [4.69, 9.17) is 15.7 Å². The van der Waals surface area contributed by atoms with Gasteiger partial charge in [-0.25, -0.2) is 4.98 Å². The van der Waals surface area contributed by atoms with E-state index in [1.807, 2.05) is 19.9 Å². The van der Waals surface area contributed by atoms with Crippen LogP contribution < -0.4 is 15.8 Å². The minimum atomic E-state index is -0.209. The third-order valence-corrected chi connectivity index (χ3v) is 2.25. The monoisotopic (exact) mass is 238 g/mol. The molecule has 4 N–H and O–H groups in total. The topological polar surface area (TPSA) is 92.8 Å². The van der Waals surface area contributed by atoms with E-state index in [0.717, 1.165) is 5.69 Å². The molecule has 1 atom stereocenters. The van der Waals surface area contributed by atoms with Gasteiger partial charge in [-0.3, -0.25) is 0 Å². The molecule has 0 radical (unpaired) electrons. The maximum Gasteiger partial charge on any atom is 0.213 e. The number of hydrogen-bond donors (Lipinski definition) is 3. The first-order valence-corrected chi connectivity index (χ1v) is 5.54. The second kappa shape index (κ2) is 6.57. The van der Waals surface area contributed by atoms with Crippen molar-refractivity contribution in [2.45, 2.75) is 26.3 Å². The van der Waals surface area contributed by atoms with Gasteiger partial charge in [0.2, 0.25) is 5.88 Å². The van der Waals surface area contributed by atoms with Crippen molar-refractivity contribution in [3.8, 4) is 5.88 Å². The van der Waals surface area contributed by atoms with Gasteiger partial charge in [-0.15, -0.1) is 0 Å². The Bertz CT molecular complexity index is 364. The van der Waals surface area contributed by atoms with Crippen LogP contribution in [0.25, 0.3) is 0 Å². The molecule has 1 aromatic heterocycles. The highest BCUT2D eigenvalue weighted by molar-refractivity contribution is 5.87. The number of nitrogens with zero attached hydrogens (tertiary/aromatic N) is 2. The number of ether oxygens (including phenoxy) is 1. The summed E-state index contributed by atoms with van der Waals surface area (Å²) in [4.78, 5) is 4.11. The summed E-state index contributed by atoms with van der Waals surface area (Å²) < 4.78 is 5.23. The van der Waals surface area contributed by atoms with E-state index in [1.165, 1.54) is 0 Å². The largest absolute Gasteiger partial charge is 0.478 e. The molecule has 0 aliphatic carbocycles. The number of anilines is 1. The van der Waals surface area contributed by atoms with E-state index in [2.05, 4.69) is 15.5 Å². The third-order valence-electron chi connectivity index (χ3n) is 2.25. The van der Waals surface area contributed by atoms with Crippen molar-refractivity contribution in [3.05, 3.63) is 18.3 Å². The molecule has 94 valence electrons. The highest BCUT2D eigenvalue weighted by Crippen LogP contribution is 2.13. The molecule has 0 amide bonds. The Morgan fingerprint density at radius 3 is 2.82 bits per heavy atom. The van der Waals surface area contributed by atoms with Gasteiger partial charge >= 0.3 is 0 Å². The number of oxime groups is 1. The molecule has 0 aliphatic heterocycles. The molecule has 1 unspecified atom stereocenters. The van der Waals surface area contributed by atoms with Gasteiger partial charge in [-0.05, 0) is 19.4 Å². The molecule has 0 aromatic carbocycles. The zero-order valence-corrected chi connectivity index (χ0v) is 10.1. The van der Waals surface area contributed by atoms with E-state index >= 15 is 0 Å². The van der Waals surface area contributed by atoms with Crippen LogP contribution in [0.2, 0.25) is 0 Å². The fraction of sp³-hybridized carbons (Fsp3) is 0.455. The summed E-state index contributed by atoms with van der Waals surface area (Å²) in [6.45, 7) is 4.43. The van der Waals surface area contributed by atoms with Crippen LogP contribution in [0.1, 0.15) is 20.3 Å². The van der Waals surface area contributed by atoms with Crippen molar-refractivity contribution in [2.75, 3.05) is 11.9 Å². The summed E-state index contributed by atoms with van der Waals surface area (Å²) >= 11 is 0. The quantitative estimate of drug-likeness (QED) is 0.301. The summed E-state index contributed by atoms with van der Waals surface area (Å²) in [7, 11) is 0. The maximum atomic E-state index is 8.62. The van der Waals surface area contributed by atoms with E-state index in [9.17, 15) is 0 Å². The molecule has 0 saturated carbocycles. The number of nitrogens with one attached hydrogen (secondary N) is 1. The predicted octanol–water partition coefficient (Wildman–Crippen LogP) is 1.42. The first kappa shape index (κ1) is 13.1. The Kier molecular flexibility index (Phi) is 5.06. The average Bonchev–Trinajstić information content (AvgIpc) is 2.37. The van der Waals surface area contributed by atoms with Gasteiger partial charge < -0.3 is 21.0 Å². The molecule has 0 saturated heterocycles. The highest BCUT2D eigenvalue weighted by atomic mass is 16.5. The Hall–Kier alpha value is -1.98. The number of amidine groups is 1. The van der Waals surface area contributed by atoms with Crippen LogP contribution in [-0.4, -0.2) is 28.7 Å². The van der Waals surface area contributed by atoms with E-state index in [-0.39, 0.29) is 11.9 Å². The van der Waals surface area contributed by atoms with Gasteiger partial charge in [0.05, 0.1) is 24.5 Å². The lowest BCUT2D eigenvalue weighted by atomic mass is 10.2. The Morgan fingerprint density at radius 1 is 1.59 bits per heavy atom. The SMILES string of the molecule is CCOc1ccc(NC(CC)C(N)=NO)cn1. The molecule has 1 heterocycles. The number of nitrogens with two attached hydrogens (primary N) is 1. The first-order valence-electron chi connectivity index (χ1n) is 5.54. The Morgan fingerprint density at radius 2 is 2.35 bits per heavy atom. The fourth-order valence-corrected chi connectivity index (χ4v) is 1.35. The zero-order chi connectivity index (χ0) is 12.7. The third kappa shape index (κ3) is 3.82. The molecule has 0 aliphatic rings. The molecule has 6 heteroatoms. The van der Waals surface area contributed by atoms with Crippen molar-refractivity contribution < 1.29 is 9.94 Å². The van der Waals surface area contributed by atoms with Crippen molar-refractivity contribution in [1.82, 2.24) is 4.98 Å². The highest BCUT2D eigenvalue weighted by Gasteiger charge is 2.11. The predicted molar refractivity (Wildman–Crippen MR) is 66.5 cm³/mol. The van der Waals surface area contributed by atoms with Crippen molar-refractivity contribution in [3.63, 3.8) is 0 Å². The normalized spacial score (nSPS) is 13.2. The molecule has 0 bridgehead atoms. The van der Waals surface area contributed by atoms with Crippen LogP contribution in [0.4, 0.5) is 5.69 Å². The summed E-state index contributed by atoms with van der Waals surface area (Å²) in [6.07, 6.45) is 2.36. The molecular weight excluding hydrogens is 220 g/mol. The lowest BCUT2D eigenvalue weighted by Gasteiger charge is -2.16. The van der Waals surface area contributed by atoms with Crippen LogP contribution in [0, 0.1) is 0 Å². The summed E-state index contributed by atoms with van der Waals surface area (Å²) in [5, 5.41) is 14.7. The van der Waals surface area contributed by atoms with E-state index in [1.54, 1.807) is 12.3 Å². The standard InChI is InChI=1S/C11H18N4O2/c1-3-9(11(12)15-16)14-8-5-6-10(13-7-8)17-4-2/h5-7,9,14,16H,3-4H2,1-2H3,(H2,12,15). The number of pyridine rings is 1. The Labute approximate surface area is 100 Å². The Balaban J connectivity index is 2.67. The van der Waals surface area contributed by atoms with Crippen molar-refractivity contribution in [1.29, 1.82) is 0 Å². The molecule has 6 nitrogen and oxygen atoms in total. The van der Waals surface area contributed by atoms with Crippen LogP contribution in [0.15, 0.2) is 23.5 Å². The van der Waals surface area contributed by atoms with Gasteiger partial charge in [0.1, 0.15) is 0 Å². The van der Waals surface area contributed by atoms with Gasteiger partial charge in [0.15, 0.2) is 5.84 Å². The molecule has 1 rings (SSSR count). The van der Waals surface area contributed by atoms with Crippen molar-refractivity contribution >= 4 is 11.5 Å². The average molecular weight is 238 g/mol. The maximum absolute atomic E-state index is 8.62. The fourth-order valence-electron chi connectivity index (χ4n) is 1.35. The summed E-state index contributed by atoms with van der Waals surface area (Å²) in [5.41, 5.74) is 6.34. The van der Waals surface area contributed by atoms with Crippen LogP contribution in [-0.2, 0) is 0 Å². The lowest BCUT2D eigenvalue weighted by molar-refractivity contribution is 0.316. The summed E-state index contributed by atoms with van der Waals surface area (Å²) in [6, 6.07) is 3.40. The van der Waals surface area contributed by atoms with Gasteiger partial charge in [-0.1, -0.05) is 12.1 Å². The van der Waals surface area contributed by atoms with Gasteiger partial charge in [-0.2, -0.15) is 0 Å². The smallest absolute Gasteiger partial charge is 0.213 e. The molecule has 0 spiro atoms. The van der Waals surface area contributed by atoms with E-state index < -0.39 is 0 Å². The molecule has 17 heavy (non-hydrogen) atoms. The van der Waals surface area contributed by atoms with E-state index in [0.29, 0.717) is 18.9 Å². The van der Waals surface area contributed by atoms with Crippen LogP contribution >= 0.6 is 0 Å². The second-order valence-electron chi connectivity index (χ2n) is 3.45. The van der Waals surface area contributed by atoms with Gasteiger partial charge in [0, 0.05) is 6.07 Å². The van der Waals surface area contributed by atoms with Gasteiger partial charge in [0.25, 0.3) is 0 Å². The van der Waals surface area contributed by atoms with Crippen LogP contribution in [0.3, 0.4) is 0 Å². The number of rotatable bonds is 6. The molecule has 0 fully saturated rings. The minimum Gasteiger partial charge on any atom is -0.478 e. The minimum absolute atomic E-state index is 0.154. The number of hydrogen-bond acceptors (Lipinski definition) is 5.